The van der Waals surface area contributed by atoms with Crippen LogP contribution in [0.1, 0.15) is 80.3 Å². The molecule has 0 aromatic heterocycles. The molecule has 41 heavy (non-hydrogen) atoms. The van der Waals surface area contributed by atoms with E-state index in [1.807, 2.05) is 0 Å². The van der Waals surface area contributed by atoms with Gasteiger partial charge in [-0.15, -0.1) is 0 Å². The number of hydrogen-bond acceptors (Lipinski definition) is 7. The monoisotopic (exact) mass is 562 g/mol. The molecular weight excluding hydrogens is 536 g/mol. The topological polar surface area (TPSA) is 193 Å². The van der Waals surface area contributed by atoms with Gasteiger partial charge in [-0.2, -0.15) is 0 Å². The Kier molecular flexibility index (Phi) is 6.74. The van der Waals surface area contributed by atoms with Crippen molar-refractivity contribution in [3.8, 4) is 0 Å². The lowest BCUT2D eigenvalue weighted by molar-refractivity contribution is -0.155. The van der Waals surface area contributed by atoms with Crippen LogP contribution in [0.2, 0.25) is 0 Å². The molecule has 2 aromatic carbocycles. The zero-order valence-electron chi connectivity index (χ0n) is 22.4. The highest BCUT2D eigenvalue weighted by Crippen LogP contribution is 2.59. The molecule has 0 bridgehead atoms. The van der Waals surface area contributed by atoms with Crippen LogP contribution in [0, 0.1) is 11.3 Å². The zero-order chi connectivity index (χ0) is 30.7. The van der Waals surface area contributed by atoms with Gasteiger partial charge in [0.2, 0.25) is 0 Å². The number of fused-ring (bicyclic) bond motifs is 1. The first-order chi connectivity index (χ1) is 19.0. The zero-order valence-corrected chi connectivity index (χ0v) is 22.4. The average molecular weight is 563 g/mol. The Bertz CT molecular complexity index is 1620. The van der Waals surface area contributed by atoms with Gasteiger partial charge in [0, 0.05) is 10.8 Å². The molecule has 0 amide bonds. The van der Waals surface area contributed by atoms with E-state index in [0.29, 0.717) is 11.1 Å². The Morgan fingerprint density at radius 3 is 1.68 bits per heavy atom. The van der Waals surface area contributed by atoms with Gasteiger partial charge in [-0.3, -0.25) is 9.59 Å². The lowest BCUT2D eigenvalue weighted by atomic mass is 9.51. The van der Waals surface area contributed by atoms with Crippen molar-refractivity contribution in [1.82, 2.24) is 0 Å². The van der Waals surface area contributed by atoms with Crippen molar-refractivity contribution in [3.05, 3.63) is 93.6 Å². The number of carboxylic acids is 4. The Labute approximate surface area is 233 Å². The molecule has 212 valence electrons. The summed E-state index contributed by atoms with van der Waals surface area (Å²) < 4.78 is 5.18. The van der Waals surface area contributed by atoms with E-state index in [0.717, 1.165) is 18.2 Å². The molecule has 2 aliphatic rings. The van der Waals surface area contributed by atoms with E-state index in [2.05, 4.69) is 0 Å². The average Bonchev–Trinajstić information content (AvgIpc) is 3.18. The molecule has 0 radical (unpaired) electrons. The normalized spacial score (nSPS) is 20.2. The maximum absolute atomic E-state index is 13.6. The van der Waals surface area contributed by atoms with Crippen molar-refractivity contribution in [1.29, 1.82) is 0 Å². The van der Waals surface area contributed by atoms with Gasteiger partial charge in [-0.1, -0.05) is 58.1 Å². The number of carbonyl (C=O) groups is 6. The quantitative estimate of drug-likeness (QED) is 0.269. The van der Waals surface area contributed by atoms with Crippen molar-refractivity contribution < 1.29 is 53.9 Å². The Balaban J connectivity index is 1.91. The van der Waals surface area contributed by atoms with Crippen LogP contribution in [-0.4, -0.2) is 56.2 Å². The van der Waals surface area contributed by atoms with E-state index in [1.165, 1.54) is 24.3 Å². The van der Waals surface area contributed by atoms with Crippen LogP contribution in [0.15, 0.2) is 60.2 Å². The predicted molar refractivity (Wildman–Crippen MR) is 141 cm³/mol. The standard InChI is InChI=1S/C30H26O11/c1-28(2,14-7-9-16(22(31)32)18(12-14)24(35)36)20-6-5-11-30(21(20)26(39)41-27(30)40)29(3,4)15-8-10-17(23(33)34)19(13-15)25(37)38/h5-13,21H,1-4H3,(H,31,32)(H,33,34)(H,35,36)(H,37,38). The van der Waals surface area contributed by atoms with Crippen molar-refractivity contribution in [2.75, 3.05) is 0 Å². The molecule has 1 aliphatic heterocycles. The Morgan fingerprint density at radius 1 is 0.732 bits per heavy atom. The second kappa shape index (κ2) is 9.54. The van der Waals surface area contributed by atoms with E-state index in [4.69, 9.17) is 4.74 Å². The molecule has 1 fully saturated rings. The molecule has 4 N–H and O–H groups in total. The molecule has 2 atom stereocenters. The number of rotatable bonds is 8. The van der Waals surface area contributed by atoms with Crippen molar-refractivity contribution in [3.63, 3.8) is 0 Å². The van der Waals surface area contributed by atoms with Gasteiger partial charge < -0.3 is 25.2 Å². The summed E-state index contributed by atoms with van der Waals surface area (Å²) in [5.41, 5.74) is -4.95. The van der Waals surface area contributed by atoms with Gasteiger partial charge in [-0.05, 0) is 41.0 Å². The highest BCUT2D eigenvalue weighted by atomic mass is 16.6. The number of benzene rings is 2. The molecule has 0 spiro atoms. The number of allylic oxidation sites excluding steroid dienone is 2. The van der Waals surface area contributed by atoms with Gasteiger partial charge in [0.1, 0.15) is 11.3 Å². The number of ether oxygens (including phenoxy) is 1. The van der Waals surface area contributed by atoms with E-state index in [9.17, 15) is 49.2 Å². The fourth-order valence-corrected chi connectivity index (χ4v) is 5.87. The number of hydrogen-bond donors (Lipinski definition) is 4. The third-order valence-corrected chi connectivity index (χ3v) is 8.33. The van der Waals surface area contributed by atoms with Gasteiger partial charge >= 0.3 is 35.8 Å². The molecular formula is C30H26O11. The fraction of sp³-hybridized carbons (Fsp3) is 0.267. The molecule has 1 heterocycles. The first kappa shape index (κ1) is 28.9. The minimum atomic E-state index is -1.69. The predicted octanol–water partition coefficient (Wildman–Crippen LogP) is 3.92. The molecule has 2 unspecified atom stereocenters. The van der Waals surface area contributed by atoms with E-state index in [-0.39, 0.29) is 5.56 Å². The van der Waals surface area contributed by atoms with Crippen molar-refractivity contribution >= 4 is 35.8 Å². The van der Waals surface area contributed by atoms with Crippen LogP contribution in [0.3, 0.4) is 0 Å². The van der Waals surface area contributed by atoms with E-state index < -0.39 is 80.2 Å². The smallest absolute Gasteiger partial charge is 0.336 e. The van der Waals surface area contributed by atoms with Gasteiger partial charge in [-0.25, -0.2) is 19.2 Å². The molecule has 4 rings (SSSR count). The highest BCUT2D eigenvalue weighted by Gasteiger charge is 2.67. The maximum Gasteiger partial charge on any atom is 0.336 e. The van der Waals surface area contributed by atoms with Crippen molar-refractivity contribution in [2.24, 2.45) is 11.3 Å². The number of aromatic carboxylic acids is 4. The van der Waals surface area contributed by atoms with E-state index in [1.54, 1.807) is 39.8 Å². The first-order valence-corrected chi connectivity index (χ1v) is 12.4. The van der Waals surface area contributed by atoms with Crippen LogP contribution in [0.5, 0.6) is 0 Å². The summed E-state index contributed by atoms with van der Waals surface area (Å²) in [6.07, 6.45) is 4.68. The first-order valence-electron chi connectivity index (χ1n) is 12.4. The minimum absolute atomic E-state index is 0.263. The Hall–Kier alpha value is -5.06. The number of esters is 2. The SMILES string of the molecule is CC(C)(C1=CC=CC2(C(C)(C)c3ccc(C(=O)O)c(C(=O)O)c3)C(=O)OC(=O)C12)c1ccc(C(=O)O)c(C(=O)O)c1. The highest BCUT2D eigenvalue weighted by molar-refractivity contribution is 6.05. The summed E-state index contributed by atoms with van der Waals surface area (Å²) in [7, 11) is 0. The molecule has 1 aliphatic carbocycles. The van der Waals surface area contributed by atoms with Gasteiger partial charge in [0.15, 0.2) is 0 Å². The van der Waals surface area contributed by atoms with Crippen LogP contribution in [0.25, 0.3) is 0 Å². The summed E-state index contributed by atoms with van der Waals surface area (Å²) in [6, 6.07) is 7.49. The van der Waals surface area contributed by atoms with Crippen LogP contribution in [0.4, 0.5) is 0 Å². The molecule has 11 heteroatoms. The third-order valence-electron chi connectivity index (χ3n) is 8.33. The summed E-state index contributed by atoms with van der Waals surface area (Å²) >= 11 is 0. The summed E-state index contributed by atoms with van der Waals surface area (Å²) in [6.45, 7) is 6.62. The molecule has 2 aromatic rings. The van der Waals surface area contributed by atoms with Crippen LogP contribution in [-0.2, 0) is 25.2 Å². The van der Waals surface area contributed by atoms with Gasteiger partial charge in [0.05, 0.1) is 22.3 Å². The van der Waals surface area contributed by atoms with Gasteiger partial charge in [0.25, 0.3) is 0 Å². The second-order valence-electron chi connectivity index (χ2n) is 11.0. The second-order valence-corrected chi connectivity index (χ2v) is 11.0. The number of carbonyl (C=O) groups excluding carboxylic acids is 2. The fourth-order valence-electron chi connectivity index (χ4n) is 5.87. The lowest BCUT2D eigenvalue weighted by Crippen LogP contribution is -2.51. The van der Waals surface area contributed by atoms with E-state index >= 15 is 0 Å². The number of carboxylic acid groups (broad SMARTS) is 4. The number of cyclic esters (lactones) is 2. The largest absolute Gasteiger partial charge is 0.478 e. The summed E-state index contributed by atoms with van der Waals surface area (Å²) in [5, 5.41) is 38.2. The lowest BCUT2D eigenvalue weighted by Gasteiger charge is -2.46. The molecule has 1 saturated heterocycles. The molecule has 0 saturated carbocycles. The van der Waals surface area contributed by atoms with Crippen LogP contribution >= 0.6 is 0 Å². The third kappa shape index (κ3) is 4.21. The van der Waals surface area contributed by atoms with Crippen molar-refractivity contribution in [2.45, 2.75) is 38.5 Å². The maximum atomic E-state index is 13.6. The summed E-state index contributed by atoms with van der Waals surface area (Å²) in [4.78, 5) is 73.9. The molecule has 11 nitrogen and oxygen atoms in total. The summed E-state index contributed by atoms with van der Waals surface area (Å²) in [5.74, 6) is -8.80. The van der Waals surface area contributed by atoms with Crippen LogP contribution < -0.4 is 0 Å². The Morgan fingerprint density at radius 2 is 1.20 bits per heavy atom. The minimum Gasteiger partial charge on any atom is -0.478 e.